The van der Waals surface area contributed by atoms with Gasteiger partial charge in [0.1, 0.15) is 11.3 Å². The van der Waals surface area contributed by atoms with E-state index in [0.717, 1.165) is 37.1 Å². The molecule has 0 bridgehead atoms. The maximum absolute atomic E-state index is 13.2. The number of amides is 1. The van der Waals surface area contributed by atoms with Gasteiger partial charge in [0.05, 0.1) is 18.2 Å². The molecule has 4 aromatic rings. The van der Waals surface area contributed by atoms with Gasteiger partial charge in [-0.3, -0.25) is 14.4 Å². The number of pyridine rings is 1. The van der Waals surface area contributed by atoms with Crippen LogP contribution in [0.3, 0.4) is 0 Å². The molecule has 8 heteroatoms. The number of aromatic nitrogens is 4. The molecule has 0 spiro atoms. The van der Waals surface area contributed by atoms with Crippen LogP contribution in [0.5, 0.6) is 5.75 Å². The minimum absolute atomic E-state index is 0.0792. The number of aryl methyl sites for hydroxylation is 3. The van der Waals surface area contributed by atoms with E-state index in [0.29, 0.717) is 17.0 Å². The van der Waals surface area contributed by atoms with Gasteiger partial charge in [-0.05, 0) is 51.0 Å². The second kappa shape index (κ2) is 9.19. The number of ether oxygens (including phenoxy) is 1. The maximum Gasteiger partial charge on any atom is 0.256 e. The van der Waals surface area contributed by atoms with Crippen LogP contribution in [0.1, 0.15) is 39.4 Å². The van der Waals surface area contributed by atoms with Crippen molar-refractivity contribution in [3.05, 3.63) is 70.8 Å². The molecule has 1 aromatic carbocycles. The van der Waals surface area contributed by atoms with E-state index < -0.39 is 0 Å². The third-order valence-corrected chi connectivity index (χ3v) is 6.98. The number of carbonyl (C=O) groups is 1. The van der Waals surface area contributed by atoms with Crippen molar-refractivity contribution in [1.29, 1.82) is 0 Å². The van der Waals surface area contributed by atoms with Gasteiger partial charge in [0.15, 0.2) is 5.65 Å². The molecule has 1 unspecified atom stereocenters. The molecule has 1 aliphatic rings. The number of carbonyl (C=O) groups excluding carboxylic acids is 1. The number of benzene rings is 1. The number of para-hydroxylation sites is 1. The molecule has 182 valence electrons. The molecule has 0 aliphatic carbocycles. The Bertz CT molecular complexity index is 1390. The summed E-state index contributed by atoms with van der Waals surface area (Å²) < 4.78 is 9.65. The first-order valence-corrected chi connectivity index (χ1v) is 12.0. The number of rotatable bonds is 6. The Kier molecular flexibility index (Phi) is 6.06. The number of likely N-dealkylation sites (tertiary alicyclic amines) is 1. The van der Waals surface area contributed by atoms with E-state index in [1.54, 1.807) is 18.0 Å². The molecular weight excluding hydrogens is 440 g/mol. The number of nitrogens with zero attached hydrogens (tertiary/aromatic N) is 5. The molecule has 5 rings (SSSR count). The first-order valence-electron chi connectivity index (χ1n) is 12.0. The summed E-state index contributed by atoms with van der Waals surface area (Å²) in [6.07, 6.45) is 2.50. The summed E-state index contributed by atoms with van der Waals surface area (Å²) in [4.78, 5) is 20.1. The van der Waals surface area contributed by atoms with Crippen molar-refractivity contribution in [3.63, 3.8) is 0 Å². The highest BCUT2D eigenvalue weighted by atomic mass is 16.5. The molecule has 35 heavy (non-hydrogen) atoms. The van der Waals surface area contributed by atoms with E-state index in [4.69, 9.17) is 4.74 Å². The van der Waals surface area contributed by atoms with Gasteiger partial charge in [0.2, 0.25) is 0 Å². The molecule has 1 fully saturated rings. The van der Waals surface area contributed by atoms with Gasteiger partial charge in [-0.15, -0.1) is 0 Å². The zero-order chi connectivity index (χ0) is 24.7. The van der Waals surface area contributed by atoms with Gasteiger partial charge in [0.25, 0.3) is 5.91 Å². The van der Waals surface area contributed by atoms with E-state index in [-0.39, 0.29) is 11.9 Å². The standard InChI is InChI=1S/C27H32N6O2/c1-17-13-20(19(3)33(17)22-9-7-6-8-10-22)15-32-12-11-21(16-32)29-27(34)23-14-28-26-24(25(23)35-5)18(2)30-31(26)4/h6-10,13-14,21H,11-12,15-16H2,1-5H3,(H,29,34). The molecular formula is C27H32N6O2. The molecule has 0 saturated carbocycles. The summed E-state index contributed by atoms with van der Waals surface area (Å²) in [5.41, 5.74) is 6.94. The minimum Gasteiger partial charge on any atom is -0.495 e. The van der Waals surface area contributed by atoms with Crippen molar-refractivity contribution >= 4 is 16.9 Å². The lowest BCUT2D eigenvalue weighted by Gasteiger charge is -2.18. The Morgan fingerprint density at radius 1 is 1.20 bits per heavy atom. The summed E-state index contributed by atoms with van der Waals surface area (Å²) in [7, 11) is 3.42. The first-order chi connectivity index (χ1) is 16.9. The molecule has 8 nitrogen and oxygen atoms in total. The first kappa shape index (κ1) is 23.1. The average Bonchev–Trinajstić information content (AvgIpc) is 3.49. The topological polar surface area (TPSA) is 77.2 Å². The van der Waals surface area contributed by atoms with Crippen LogP contribution in [0.4, 0.5) is 0 Å². The smallest absolute Gasteiger partial charge is 0.256 e. The van der Waals surface area contributed by atoms with Gasteiger partial charge in [-0.2, -0.15) is 5.10 Å². The Morgan fingerprint density at radius 2 is 1.97 bits per heavy atom. The fraction of sp³-hybridized carbons (Fsp3) is 0.370. The van der Waals surface area contributed by atoms with Crippen LogP contribution < -0.4 is 10.1 Å². The van der Waals surface area contributed by atoms with Crippen LogP contribution in [0.15, 0.2) is 42.6 Å². The number of hydrogen-bond donors (Lipinski definition) is 1. The molecule has 1 atom stereocenters. The van der Waals surface area contributed by atoms with E-state index in [1.165, 1.54) is 22.6 Å². The predicted octanol–water partition coefficient (Wildman–Crippen LogP) is 3.70. The lowest BCUT2D eigenvalue weighted by molar-refractivity contribution is 0.0934. The van der Waals surface area contributed by atoms with Crippen LogP contribution in [0.25, 0.3) is 16.7 Å². The van der Waals surface area contributed by atoms with Crippen molar-refractivity contribution in [2.75, 3.05) is 20.2 Å². The van der Waals surface area contributed by atoms with Gasteiger partial charge >= 0.3 is 0 Å². The van der Waals surface area contributed by atoms with Gasteiger partial charge in [-0.25, -0.2) is 4.98 Å². The quantitative estimate of drug-likeness (QED) is 0.463. The lowest BCUT2D eigenvalue weighted by atomic mass is 10.1. The fourth-order valence-electron chi connectivity index (χ4n) is 5.31. The largest absolute Gasteiger partial charge is 0.495 e. The number of methoxy groups -OCH3 is 1. The number of fused-ring (bicyclic) bond motifs is 1. The van der Waals surface area contributed by atoms with Crippen molar-refractivity contribution in [3.8, 4) is 11.4 Å². The summed E-state index contributed by atoms with van der Waals surface area (Å²) in [6.45, 7) is 8.85. The van der Waals surface area contributed by atoms with E-state index in [1.807, 2.05) is 20.0 Å². The number of nitrogens with one attached hydrogen (secondary N) is 1. The molecule has 1 saturated heterocycles. The Morgan fingerprint density at radius 3 is 2.71 bits per heavy atom. The van der Waals surface area contributed by atoms with Crippen LogP contribution in [0.2, 0.25) is 0 Å². The van der Waals surface area contributed by atoms with Crippen molar-refractivity contribution in [2.24, 2.45) is 7.05 Å². The molecule has 1 N–H and O–H groups in total. The predicted molar refractivity (Wildman–Crippen MR) is 136 cm³/mol. The highest BCUT2D eigenvalue weighted by Crippen LogP contribution is 2.31. The zero-order valence-corrected chi connectivity index (χ0v) is 21.0. The molecule has 1 aliphatic heterocycles. The molecule has 4 heterocycles. The highest BCUT2D eigenvalue weighted by molar-refractivity contribution is 6.02. The minimum atomic E-state index is -0.159. The summed E-state index contributed by atoms with van der Waals surface area (Å²) >= 11 is 0. The third kappa shape index (κ3) is 4.18. The molecule has 3 aromatic heterocycles. The highest BCUT2D eigenvalue weighted by Gasteiger charge is 2.27. The molecule has 0 radical (unpaired) electrons. The summed E-state index contributed by atoms with van der Waals surface area (Å²) in [5, 5.41) is 8.40. The van der Waals surface area contributed by atoms with Crippen LogP contribution >= 0.6 is 0 Å². The summed E-state index contributed by atoms with van der Waals surface area (Å²) in [6, 6.07) is 12.8. The number of hydrogen-bond acceptors (Lipinski definition) is 5. The van der Waals surface area contributed by atoms with E-state index in [2.05, 4.69) is 69.0 Å². The van der Waals surface area contributed by atoms with Crippen LogP contribution in [-0.2, 0) is 13.6 Å². The van der Waals surface area contributed by atoms with Crippen LogP contribution in [-0.4, -0.2) is 56.4 Å². The normalized spacial score (nSPS) is 16.2. The van der Waals surface area contributed by atoms with Crippen molar-refractivity contribution < 1.29 is 9.53 Å². The third-order valence-electron chi connectivity index (χ3n) is 6.98. The fourth-order valence-corrected chi connectivity index (χ4v) is 5.31. The average molecular weight is 473 g/mol. The van der Waals surface area contributed by atoms with E-state index >= 15 is 0 Å². The second-order valence-corrected chi connectivity index (χ2v) is 9.37. The van der Waals surface area contributed by atoms with Crippen LogP contribution in [0, 0.1) is 20.8 Å². The van der Waals surface area contributed by atoms with Crippen molar-refractivity contribution in [2.45, 2.75) is 39.8 Å². The second-order valence-electron chi connectivity index (χ2n) is 9.37. The Labute approximate surface area is 205 Å². The monoisotopic (exact) mass is 472 g/mol. The molecule has 1 amide bonds. The summed E-state index contributed by atoms with van der Waals surface area (Å²) in [5.74, 6) is 0.370. The van der Waals surface area contributed by atoms with Gasteiger partial charge in [-0.1, -0.05) is 18.2 Å². The van der Waals surface area contributed by atoms with Gasteiger partial charge in [0, 0.05) is 56.0 Å². The van der Waals surface area contributed by atoms with Gasteiger partial charge < -0.3 is 14.6 Å². The Balaban J connectivity index is 1.28. The SMILES string of the molecule is COc1c(C(=O)NC2CCN(Cc3cc(C)n(-c4ccccc4)c3C)C2)cnc2c1c(C)nn2C. The maximum atomic E-state index is 13.2. The lowest BCUT2D eigenvalue weighted by Crippen LogP contribution is -2.37. The van der Waals surface area contributed by atoms with Crippen molar-refractivity contribution in [1.82, 2.24) is 29.5 Å². The zero-order valence-electron chi connectivity index (χ0n) is 21.0. The van der Waals surface area contributed by atoms with E-state index in [9.17, 15) is 4.79 Å². The Hall–Kier alpha value is -3.65.